The molecule has 1 saturated heterocycles. The predicted octanol–water partition coefficient (Wildman–Crippen LogP) is 4.84. The average molecular weight is 529 g/mol. The van der Waals surface area contributed by atoms with Gasteiger partial charge >= 0.3 is 6.18 Å². The number of nitrogens with zero attached hydrogens (tertiary/aromatic N) is 5. The fourth-order valence-electron chi connectivity index (χ4n) is 5.59. The Morgan fingerprint density at radius 3 is 2.53 bits per heavy atom. The number of rotatable bonds is 5. The molecule has 1 aliphatic heterocycles. The lowest BCUT2D eigenvalue weighted by molar-refractivity contribution is -0.141. The number of likely N-dealkylation sites (tertiary alicyclic amines) is 1. The van der Waals surface area contributed by atoms with Crippen molar-refractivity contribution in [1.82, 2.24) is 24.0 Å². The van der Waals surface area contributed by atoms with Crippen LogP contribution in [-0.2, 0) is 19.8 Å². The van der Waals surface area contributed by atoms with Crippen LogP contribution in [0.2, 0.25) is 0 Å². The lowest BCUT2D eigenvalue weighted by Crippen LogP contribution is -2.41. The number of ether oxygens (including phenoxy) is 1. The van der Waals surface area contributed by atoms with Crippen molar-refractivity contribution in [2.75, 3.05) is 13.7 Å². The van der Waals surface area contributed by atoms with E-state index >= 15 is 0 Å². The van der Waals surface area contributed by atoms with E-state index in [4.69, 9.17) is 15.5 Å². The first-order valence-electron chi connectivity index (χ1n) is 12.7. The summed E-state index contributed by atoms with van der Waals surface area (Å²) in [4.78, 5) is 24.1. The van der Waals surface area contributed by atoms with Crippen LogP contribution in [0.5, 0.6) is 5.75 Å². The minimum Gasteiger partial charge on any atom is -0.494 e. The first-order valence-corrected chi connectivity index (χ1v) is 12.7. The highest BCUT2D eigenvalue weighted by Crippen LogP contribution is 2.36. The molecule has 38 heavy (non-hydrogen) atoms. The van der Waals surface area contributed by atoms with E-state index in [1.165, 1.54) is 13.2 Å². The fourth-order valence-corrected chi connectivity index (χ4v) is 5.59. The highest BCUT2D eigenvalue weighted by molar-refractivity contribution is 6.00. The standard InChI is InChI=1S/C27H31F3N6O2/c1-6-15-13-36(14(3)22(15)31)26(37)17-10-18-23(20(12-17)38-5)34(4)25(32-18)19-11-16-8-9-21(27(28,29)30)33-24(16)35(19)7-2/h8-12,14-15,22H,6-7,13,31H2,1-5H3. The number of aryl methyl sites for hydroxylation is 2. The summed E-state index contributed by atoms with van der Waals surface area (Å²) in [6, 6.07) is 7.45. The molecule has 1 aliphatic rings. The minimum atomic E-state index is -4.54. The van der Waals surface area contributed by atoms with Crippen LogP contribution in [0, 0.1) is 5.92 Å². The molecule has 2 N–H and O–H groups in total. The molecule has 0 radical (unpaired) electrons. The molecule has 1 aromatic carbocycles. The molecule has 202 valence electrons. The van der Waals surface area contributed by atoms with Crippen LogP contribution < -0.4 is 10.5 Å². The number of fused-ring (bicyclic) bond motifs is 2. The third-order valence-corrected chi connectivity index (χ3v) is 7.79. The molecular weight excluding hydrogens is 497 g/mol. The number of carbonyl (C=O) groups is 1. The minimum absolute atomic E-state index is 0.0848. The number of aromatic nitrogens is 4. The zero-order valence-corrected chi connectivity index (χ0v) is 22.0. The average Bonchev–Trinajstić information content (AvgIpc) is 3.52. The SMILES string of the molecule is CCC1CN(C(=O)c2cc(OC)c3c(c2)nc(-c2cc4ccc(C(F)(F)F)nc4n2CC)n3C)C(C)C1N. The highest BCUT2D eigenvalue weighted by Gasteiger charge is 2.39. The molecule has 5 rings (SSSR count). The fraction of sp³-hybridized carbons (Fsp3) is 0.444. The monoisotopic (exact) mass is 528 g/mol. The summed E-state index contributed by atoms with van der Waals surface area (Å²) in [6.07, 6.45) is -3.65. The van der Waals surface area contributed by atoms with E-state index in [1.807, 2.05) is 30.4 Å². The van der Waals surface area contributed by atoms with E-state index in [-0.39, 0.29) is 29.6 Å². The number of halogens is 3. The second-order valence-electron chi connectivity index (χ2n) is 9.87. The van der Waals surface area contributed by atoms with E-state index in [2.05, 4.69) is 11.9 Å². The number of carbonyl (C=O) groups excluding carboxylic acids is 1. The second-order valence-corrected chi connectivity index (χ2v) is 9.87. The highest BCUT2D eigenvalue weighted by atomic mass is 19.4. The van der Waals surface area contributed by atoms with Crippen molar-refractivity contribution >= 4 is 28.0 Å². The van der Waals surface area contributed by atoms with E-state index in [0.29, 0.717) is 52.3 Å². The van der Waals surface area contributed by atoms with Crippen molar-refractivity contribution in [3.05, 3.63) is 41.6 Å². The Labute approximate surface area is 218 Å². The van der Waals surface area contributed by atoms with Crippen LogP contribution in [0.25, 0.3) is 33.6 Å². The van der Waals surface area contributed by atoms with Gasteiger partial charge in [0.05, 0.1) is 18.3 Å². The van der Waals surface area contributed by atoms with Crippen LogP contribution in [0.15, 0.2) is 30.3 Å². The molecule has 3 aromatic heterocycles. The molecule has 1 fully saturated rings. The number of amides is 1. The van der Waals surface area contributed by atoms with E-state index in [1.54, 1.807) is 22.8 Å². The van der Waals surface area contributed by atoms with Crippen molar-refractivity contribution in [3.8, 4) is 17.3 Å². The number of imidazole rings is 1. The molecule has 8 nitrogen and oxygen atoms in total. The van der Waals surface area contributed by atoms with Crippen LogP contribution in [0.1, 0.15) is 43.2 Å². The quantitative estimate of drug-likeness (QED) is 0.401. The number of benzene rings is 1. The van der Waals surface area contributed by atoms with E-state index < -0.39 is 11.9 Å². The summed E-state index contributed by atoms with van der Waals surface area (Å²) < 4.78 is 49.2. The Bertz CT molecular complexity index is 1540. The Morgan fingerprint density at radius 2 is 1.92 bits per heavy atom. The molecule has 0 saturated carbocycles. The Balaban J connectivity index is 1.63. The van der Waals surface area contributed by atoms with Crippen LogP contribution >= 0.6 is 0 Å². The largest absolute Gasteiger partial charge is 0.494 e. The third-order valence-electron chi connectivity index (χ3n) is 7.79. The van der Waals surface area contributed by atoms with Crippen LogP contribution in [0.3, 0.4) is 0 Å². The molecular formula is C27H31F3N6O2. The van der Waals surface area contributed by atoms with E-state index in [9.17, 15) is 18.0 Å². The van der Waals surface area contributed by atoms with Gasteiger partial charge in [0.2, 0.25) is 0 Å². The van der Waals surface area contributed by atoms with Gasteiger partial charge in [0.15, 0.2) is 5.82 Å². The summed E-state index contributed by atoms with van der Waals surface area (Å²) >= 11 is 0. The smallest absolute Gasteiger partial charge is 0.433 e. The molecule has 11 heteroatoms. The zero-order valence-electron chi connectivity index (χ0n) is 22.0. The van der Waals surface area contributed by atoms with Gasteiger partial charge in [0.25, 0.3) is 5.91 Å². The van der Waals surface area contributed by atoms with Gasteiger partial charge in [-0.1, -0.05) is 13.3 Å². The van der Waals surface area contributed by atoms with Crippen LogP contribution in [-0.4, -0.2) is 55.6 Å². The number of methoxy groups -OCH3 is 1. The lowest BCUT2D eigenvalue weighted by Gasteiger charge is -2.23. The number of alkyl halides is 3. The van der Waals surface area contributed by atoms with Crippen molar-refractivity contribution in [1.29, 1.82) is 0 Å². The maximum atomic E-state index is 13.5. The molecule has 0 spiro atoms. The lowest BCUT2D eigenvalue weighted by atomic mass is 9.98. The van der Waals surface area contributed by atoms with Crippen molar-refractivity contribution in [3.63, 3.8) is 0 Å². The Hall–Kier alpha value is -3.60. The van der Waals surface area contributed by atoms with Crippen LogP contribution in [0.4, 0.5) is 13.2 Å². The number of pyridine rings is 1. The molecule has 0 aliphatic carbocycles. The van der Waals surface area contributed by atoms with E-state index in [0.717, 1.165) is 12.5 Å². The van der Waals surface area contributed by atoms with Crippen molar-refractivity contribution in [2.24, 2.45) is 18.7 Å². The Kier molecular flexibility index (Phi) is 6.37. The molecule has 4 heterocycles. The van der Waals surface area contributed by atoms with Gasteiger partial charge in [-0.3, -0.25) is 4.79 Å². The van der Waals surface area contributed by atoms with Gasteiger partial charge in [0, 0.05) is 43.2 Å². The number of hydrogen-bond donors (Lipinski definition) is 1. The third kappa shape index (κ3) is 4.00. The van der Waals surface area contributed by atoms with Gasteiger partial charge in [-0.15, -0.1) is 0 Å². The van der Waals surface area contributed by atoms with Gasteiger partial charge in [-0.25, -0.2) is 9.97 Å². The zero-order chi connectivity index (χ0) is 27.5. The maximum absolute atomic E-state index is 13.5. The molecule has 1 amide bonds. The summed E-state index contributed by atoms with van der Waals surface area (Å²) in [5.41, 5.74) is 7.94. The van der Waals surface area contributed by atoms with Gasteiger partial charge in [-0.2, -0.15) is 13.2 Å². The summed E-state index contributed by atoms with van der Waals surface area (Å²) in [5, 5.41) is 0.578. The molecule has 3 unspecified atom stereocenters. The summed E-state index contributed by atoms with van der Waals surface area (Å²) in [5.74, 6) is 1.11. The molecule has 3 atom stereocenters. The maximum Gasteiger partial charge on any atom is 0.433 e. The normalized spacial score (nSPS) is 20.1. The van der Waals surface area contributed by atoms with Gasteiger partial charge in [0.1, 0.15) is 22.6 Å². The number of hydrogen-bond acceptors (Lipinski definition) is 5. The van der Waals surface area contributed by atoms with Gasteiger partial charge < -0.3 is 24.5 Å². The molecule has 0 bridgehead atoms. The predicted molar refractivity (Wildman–Crippen MR) is 139 cm³/mol. The summed E-state index contributed by atoms with van der Waals surface area (Å²) in [7, 11) is 3.34. The topological polar surface area (TPSA) is 91.2 Å². The summed E-state index contributed by atoms with van der Waals surface area (Å²) in [6.45, 7) is 6.87. The first kappa shape index (κ1) is 26.0. The van der Waals surface area contributed by atoms with Gasteiger partial charge in [-0.05, 0) is 50.1 Å². The van der Waals surface area contributed by atoms with Crippen molar-refractivity contribution < 1.29 is 22.7 Å². The molecule has 4 aromatic rings. The second kappa shape index (κ2) is 9.30. The first-order chi connectivity index (χ1) is 18.0. The van der Waals surface area contributed by atoms with Crippen molar-refractivity contribution in [2.45, 2.75) is 52.0 Å². The Morgan fingerprint density at radius 1 is 1.18 bits per heavy atom. The number of nitrogens with two attached hydrogens (primary N) is 1.